The second kappa shape index (κ2) is 10.3. The van der Waals surface area contributed by atoms with Crippen LogP contribution in [0.15, 0.2) is 24.3 Å². The molecule has 0 aliphatic rings. The van der Waals surface area contributed by atoms with E-state index in [0.717, 1.165) is 5.56 Å². The molecule has 18 heavy (non-hydrogen) atoms. The van der Waals surface area contributed by atoms with Gasteiger partial charge in [-0.05, 0) is 24.6 Å². The highest BCUT2D eigenvalue weighted by molar-refractivity contribution is 5.71. The van der Waals surface area contributed by atoms with E-state index in [1.165, 1.54) is 0 Å². The minimum absolute atomic E-state index is 0.202. The molecule has 0 amide bonds. The number of nitriles is 1. The molecule has 0 atom stereocenters. The Bertz CT molecular complexity index is 380. The normalized spacial score (nSPS) is 8.78. The Kier molecular flexibility index (Phi) is 9.24. The number of rotatable bonds is 5. The van der Waals surface area contributed by atoms with Gasteiger partial charge in [0.2, 0.25) is 0 Å². The lowest BCUT2D eigenvalue weighted by Gasteiger charge is -2.04. The van der Waals surface area contributed by atoms with E-state index >= 15 is 0 Å². The summed E-state index contributed by atoms with van der Waals surface area (Å²) in [6, 6.07) is 9.27. The Morgan fingerprint density at radius 2 is 1.94 bits per heavy atom. The zero-order chi connectivity index (χ0) is 13.8. The smallest absolute Gasteiger partial charge is 0.319 e. The van der Waals surface area contributed by atoms with Crippen molar-refractivity contribution in [1.29, 1.82) is 5.26 Å². The number of carbonyl (C=O) groups is 1. The average Bonchev–Trinajstić information content (AvgIpc) is 2.42. The van der Waals surface area contributed by atoms with E-state index in [2.05, 4.69) is 11.4 Å². The van der Waals surface area contributed by atoms with Crippen molar-refractivity contribution in [2.75, 3.05) is 13.2 Å². The number of benzene rings is 1. The molecule has 0 bridgehead atoms. The van der Waals surface area contributed by atoms with Gasteiger partial charge in [-0.15, -0.1) is 0 Å². The summed E-state index contributed by atoms with van der Waals surface area (Å²) in [6.45, 7) is 6.97. The Hall–Kier alpha value is -1.86. The molecular formula is C14H20N2O2. The molecule has 0 saturated heterocycles. The molecule has 0 spiro atoms. The van der Waals surface area contributed by atoms with E-state index in [0.29, 0.717) is 18.7 Å². The summed E-state index contributed by atoms with van der Waals surface area (Å²) >= 11 is 0. The average molecular weight is 248 g/mol. The number of hydrogen-bond donors (Lipinski definition) is 1. The maximum Gasteiger partial charge on any atom is 0.319 e. The van der Waals surface area contributed by atoms with Crippen LogP contribution >= 0.6 is 0 Å². The molecule has 0 unspecified atom stereocenters. The van der Waals surface area contributed by atoms with Crippen LogP contribution in [0.5, 0.6) is 0 Å². The minimum Gasteiger partial charge on any atom is -0.465 e. The molecule has 0 saturated carbocycles. The van der Waals surface area contributed by atoms with E-state index in [1.54, 1.807) is 19.1 Å². The SMILES string of the molecule is CC.CCOC(=O)CNCc1ccc(C#N)cc1. The fourth-order valence-electron chi connectivity index (χ4n) is 1.22. The second-order valence-corrected chi connectivity index (χ2v) is 3.22. The third-order valence-electron chi connectivity index (χ3n) is 1.99. The minimum atomic E-state index is -0.254. The number of esters is 1. The predicted octanol–water partition coefficient (Wildman–Crippen LogP) is 2.24. The lowest BCUT2D eigenvalue weighted by molar-refractivity contribution is -0.142. The zero-order valence-corrected chi connectivity index (χ0v) is 11.2. The van der Waals surface area contributed by atoms with E-state index < -0.39 is 0 Å². The first kappa shape index (κ1) is 16.1. The van der Waals surface area contributed by atoms with Gasteiger partial charge in [0.1, 0.15) is 0 Å². The lowest BCUT2D eigenvalue weighted by Crippen LogP contribution is -2.24. The van der Waals surface area contributed by atoms with Crippen molar-refractivity contribution in [2.45, 2.75) is 27.3 Å². The monoisotopic (exact) mass is 248 g/mol. The Balaban J connectivity index is 0.00000137. The maximum absolute atomic E-state index is 11.0. The van der Waals surface area contributed by atoms with Crippen molar-refractivity contribution in [2.24, 2.45) is 0 Å². The first-order valence-corrected chi connectivity index (χ1v) is 6.11. The summed E-state index contributed by atoms with van der Waals surface area (Å²) in [7, 11) is 0. The van der Waals surface area contributed by atoms with Crippen LogP contribution in [0.4, 0.5) is 0 Å². The summed E-state index contributed by atoms with van der Waals surface area (Å²) in [6.07, 6.45) is 0. The highest BCUT2D eigenvalue weighted by Gasteiger charge is 2.00. The first-order valence-electron chi connectivity index (χ1n) is 6.11. The number of ether oxygens (including phenoxy) is 1. The van der Waals surface area contributed by atoms with E-state index in [1.807, 2.05) is 26.0 Å². The molecule has 1 aromatic rings. The van der Waals surface area contributed by atoms with Crippen LogP contribution in [0.3, 0.4) is 0 Å². The summed E-state index contributed by atoms with van der Waals surface area (Å²) in [5, 5.41) is 11.6. The quantitative estimate of drug-likeness (QED) is 0.812. The Labute approximate surface area is 109 Å². The molecule has 98 valence electrons. The summed E-state index contributed by atoms with van der Waals surface area (Å²) < 4.78 is 4.77. The fraction of sp³-hybridized carbons (Fsp3) is 0.429. The van der Waals surface area contributed by atoms with Crippen LogP contribution in [-0.4, -0.2) is 19.1 Å². The van der Waals surface area contributed by atoms with Crippen molar-refractivity contribution in [3.63, 3.8) is 0 Å². The van der Waals surface area contributed by atoms with Gasteiger partial charge >= 0.3 is 5.97 Å². The lowest BCUT2D eigenvalue weighted by atomic mass is 10.1. The third-order valence-corrected chi connectivity index (χ3v) is 1.99. The highest BCUT2D eigenvalue weighted by Crippen LogP contribution is 2.02. The molecule has 0 radical (unpaired) electrons. The molecule has 0 heterocycles. The third kappa shape index (κ3) is 6.66. The van der Waals surface area contributed by atoms with Gasteiger partial charge < -0.3 is 10.1 Å². The van der Waals surface area contributed by atoms with Crippen molar-refractivity contribution >= 4 is 5.97 Å². The van der Waals surface area contributed by atoms with E-state index in [9.17, 15) is 4.79 Å². The van der Waals surface area contributed by atoms with Gasteiger partial charge in [0.05, 0.1) is 24.8 Å². The fourth-order valence-corrected chi connectivity index (χ4v) is 1.22. The highest BCUT2D eigenvalue weighted by atomic mass is 16.5. The van der Waals surface area contributed by atoms with Gasteiger partial charge in [0.15, 0.2) is 0 Å². The molecule has 0 aliphatic carbocycles. The molecule has 1 aromatic carbocycles. The van der Waals surface area contributed by atoms with Crippen LogP contribution in [0, 0.1) is 11.3 Å². The van der Waals surface area contributed by atoms with Crippen LogP contribution in [-0.2, 0) is 16.1 Å². The van der Waals surface area contributed by atoms with Gasteiger partial charge in [0, 0.05) is 6.54 Å². The van der Waals surface area contributed by atoms with Crippen LogP contribution in [0.2, 0.25) is 0 Å². The molecule has 0 aromatic heterocycles. The molecule has 0 fully saturated rings. The topological polar surface area (TPSA) is 62.1 Å². The molecule has 1 N–H and O–H groups in total. The second-order valence-electron chi connectivity index (χ2n) is 3.22. The van der Waals surface area contributed by atoms with E-state index in [-0.39, 0.29) is 12.5 Å². The number of carbonyl (C=O) groups excluding carboxylic acids is 1. The van der Waals surface area contributed by atoms with Crippen molar-refractivity contribution in [1.82, 2.24) is 5.32 Å². The molecule has 4 nitrogen and oxygen atoms in total. The number of nitrogens with one attached hydrogen (secondary N) is 1. The molecule has 1 rings (SSSR count). The van der Waals surface area contributed by atoms with Crippen molar-refractivity contribution in [3.05, 3.63) is 35.4 Å². The van der Waals surface area contributed by atoms with Crippen molar-refractivity contribution in [3.8, 4) is 6.07 Å². The van der Waals surface area contributed by atoms with Gasteiger partial charge in [-0.25, -0.2) is 0 Å². The molecular weight excluding hydrogens is 228 g/mol. The number of hydrogen-bond acceptors (Lipinski definition) is 4. The van der Waals surface area contributed by atoms with Crippen LogP contribution in [0.25, 0.3) is 0 Å². The summed E-state index contributed by atoms with van der Waals surface area (Å²) in [5.41, 5.74) is 1.66. The van der Waals surface area contributed by atoms with Gasteiger partial charge in [-0.1, -0.05) is 26.0 Å². The predicted molar refractivity (Wildman–Crippen MR) is 70.8 cm³/mol. The first-order chi connectivity index (χ1) is 8.76. The largest absolute Gasteiger partial charge is 0.465 e. The Morgan fingerprint density at radius 1 is 1.33 bits per heavy atom. The van der Waals surface area contributed by atoms with Gasteiger partial charge in [-0.2, -0.15) is 5.26 Å². The van der Waals surface area contributed by atoms with Gasteiger partial charge in [0.25, 0.3) is 0 Å². The number of nitrogens with zero attached hydrogens (tertiary/aromatic N) is 1. The zero-order valence-electron chi connectivity index (χ0n) is 11.2. The van der Waals surface area contributed by atoms with Gasteiger partial charge in [-0.3, -0.25) is 4.79 Å². The van der Waals surface area contributed by atoms with E-state index in [4.69, 9.17) is 10.00 Å². The molecule has 0 aliphatic heterocycles. The summed E-state index contributed by atoms with van der Waals surface area (Å²) in [5.74, 6) is -0.254. The van der Waals surface area contributed by atoms with Crippen LogP contribution < -0.4 is 5.32 Å². The molecule has 4 heteroatoms. The standard InChI is InChI=1S/C12H14N2O2.C2H6/c1-2-16-12(15)9-14-8-11-5-3-10(7-13)4-6-11;1-2/h3-6,14H,2,8-9H2,1H3;1-2H3. The van der Waals surface area contributed by atoms with Crippen LogP contribution in [0.1, 0.15) is 31.9 Å². The summed E-state index contributed by atoms with van der Waals surface area (Å²) in [4.78, 5) is 11.0. The Morgan fingerprint density at radius 3 is 2.44 bits per heavy atom. The maximum atomic E-state index is 11.0. The van der Waals surface area contributed by atoms with Crippen molar-refractivity contribution < 1.29 is 9.53 Å².